The number of aromatic carboxylic acids is 1. The number of nitrogens with zero attached hydrogens (tertiary/aromatic N) is 2. The zero-order chi connectivity index (χ0) is 16.6. The van der Waals surface area contributed by atoms with Crippen LogP contribution in [0, 0.1) is 6.92 Å². The number of benzene rings is 1. The van der Waals surface area contributed by atoms with Crippen molar-refractivity contribution in [3.63, 3.8) is 0 Å². The average molecular weight is 328 g/mol. The van der Waals surface area contributed by atoms with Crippen LogP contribution in [-0.2, 0) is 11.3 Å². The summed E-state index contributed by atoms with van der Waals surface area (Å²) in [5, 5.41) is 28.8. The van der Waals surface area contributed by atoms with Gasteiger partial charge in [0.2, 0.25) is 0 Å². The molecule has 0 N–H and O–H groups in total. The molecule has 0 spiro atoms. The molecule has 23 heavy (non-hydrogen) atoms. The van der Waals surface area contributed by atoms with Gasteiger partial charge in [-0.3, -0.25) is 4.68 Å². The molecule has 0 saturated heterocycles. The van der Waals surface area contributed by atoms with Gasteiger partial charge in [0.1, 0.15) is 0 Å². The van der Waals surface area contributed by atoms with E-state index in [1.807, 2.05) is 23.6 Å². The normalized spacial score (nSPS) is 11.0. The minimum atomic E-state index is -1.28. The van der Waals surface area contributed by atoms with Gasteiger partial charge in [-0.25, -0.2) is 0 Å². The molecule has 3 rings (SSSR count). The number of carbonyl (C=O) groups excluding carboxylic acids is 2. The number of aliphatic carboxylic acids is 1. The van der Waals surface area contributed by atoms with Gasteiger partial charge in [-0.05, 0) is 36.1 Å². The van der Waals surface area contributed by atoms with E-state index in [1.54, 1.807) is 13.0 Å². The van der Waals surface area contributed by atoms with Gasteiger partial charge in [0, 0.05) is 34.8 Å². The summed E-state index contributed by atoms with van der Waals surface area (Å²) in [7, 11) is 0. The Labute approximate surface area is 135 Å². The van der Waals surface area contributed by atoms with E-state index in [4.69, 9.17) is 0 Å². The lowest BCUT2D eigenvalue weighted by Crippen LogP contribution is -2.24. The van der Waals surface area contributed by atoms with Crippen molar-refractivity contribution >= 4 is 34.2 Å². The Bertz CT molecular complexity index is 897. The molecule has 0 atom stereocenters. The van der Waals surface area contributed by atoms with Crippen molar-refractivity contribution in [3.8, 4) is 10.4 Å². The Morgan fingerprint density at radius 3 is 2.70 bits per heavy atom. The van der Waals surface area contributed by atoms with E-state index < -0.39 is 11.9 Å². The van der Waals surface area contributed by atoms with Crippen molar-refractivity contribution in [2.45, 2.75) is 19.9 Å². The van der Waals surface area contributed by atoms with Crippen molar-refractivity contribution in [2.24, 2.45) is 0 Å². The third-order valence-electron chi connectivity index (χ3n) is 3.58. The van der Waals surface area contributed by atoms with Crippen molar-refractivity contribution in [1.82, 2.24) is 9.78 Å². The number of carboxylic acids is 2. The molecule has 0 amide bonds. The number of hydrogen-bond donors (Lipinski definition) is 0. The monoisotopic (exact) mass is 328 g/mol. The fraction of sp³-hybridized carbons (Fsp3) is 0.188. The quantitative estimate of drug-likeness (QED) is 0.682. The molecule has 2 aromatic heterocycles. The fourth-order valence-electron chi connectivity index (χ4n) is 2.61. The molecule has 0 unspecified atom stereocenters. The second kappa shape index (κ2) is 5.85. The van der Waals surface area contributed by atoms with Crippen LogP contribution in [0.2, 0.25) is 0 Å². The molecule has 0 aliphatic rings. The molecule has 0 aliphatic heterocycles. The number of fused-ring (bicyclic) bond motifs is 1. The first kappa shape index (κ1) is 15.2. The maximum atomic E-state index is 11.5. The molecule has 0 fully saturated rings. The first-order valence-electron chi connectivity index (χ1n) is 6.93. The van der Waals surface area contributed by atoms with Crippen LogP contribution in [0.3, 0.4) is 0 Å². The van der Waals surface area contributed by atoms with Crippen molar-refractivity contribution < 1.29 is 19.8 Å². The number of hydrogen-bond acceptors (Lipinski definition) is 6. The molecule has 2 heterocycles. The summed E-state index contributed by atoms with van der Waals surface area (Å²) in [6.45, 7) is 1.81. The second-order valence-corrected chi connectivity index (χ2v) is 6.06. The first-order chi connectivity index (χ1) is 11.0. The van der Waals surface area contributed by atoms with Gasteiger partial charge in [-0.15, -0.1) is 11.3 Å². The molecule has 6 nitrogen and oxygen atoms in total. The van der Waals surface area contributed by atoms with Crippen molar-refractivity contribution in [2.75, 3.05) is 0 Å². The van der Waals surface area contributed by atoms with E-state index in [1.165, 1.54) is 16.0 Å². The number of thiophene rings is 1. The standard InChI is InChI=1S/C16H14N2O4S/c1-9-15-11(16(21)22)7-10(13-3-2-6-23-13)8-12(15)18(17-9)5-4-14(19)20/h2-3,6-8H,4-5H2,1H3,(H,19,20)(H,21,22)/p-2. The van der Waals surface area contributed by atoms with Crippen molar-refractivity contribution in [1.29, 1.82) is 0 Å². The summed E-state index contributed by atoms with van der Waals surface area (Å²) in [5.74, 6) is -2.46. The highest BCUT2D eigenvalue weighted by Crippen LogP contribution is 2.32. The first-order valence-corrected chi connectivity index (χ1v) is 7.81. The molecule has 118 valence electrons. The maximum absolute atomic E-state index is 11.5. The molecule has 0 aliphatic carbocycles. The third kappa shape index (κ3) is 2.83. The number of carbonyl (C=O) groups is 2. The molecule has 0 radical (unpaired) electrons. The maximum Gasteiger partial charge on any atom is 0.0723 e. The lowest BCUT2D eigenvalue weighted by atomic mass is 10.0. The summed E-state index contributed by atoms with van der Waals surface area (Å²) >= 11 is 1.49. The van der Waals surface area contributed by atoms with Crippen LogP contribution in [0.1, 0.15) is 22.5 Å². The predicted octanol–water partition coefficient (Wildman–Crippen LogP) is 0.577. The van der Waals surface area contributed by atoms with Gasteiger partial charge in [0.25, 0.3) is 0 Å². The van der Waals surface area contributed by atoms with Gasteiger partial charge in [-0.1, -0.05) is 6.07 Å². The minimum absolute atomic E-state index is 0.0584. The minimum Gasteiger partial charge on any atom is -0.550 e. The van der Waals surface area contributed by atoms with E-state index >= 15 is 0 Å². The number of aryl methyl sites for hydroxylation is 2. The van der Waals surface area contributed by atoms with E-state index in [0.29, 0.717) is 16.6 Å². The van der Waals surface area contributed by atoms with Crippen LogP contribution in [0.25, 0.3) is 21.3 Å². The third-order valence-corrected chi connectivity index (χ3v) is 4.50. The van der Waals surface area contributed by atoms with Crippen LogP contribution in [-0.4, -0.2) is 21.7 Å². The van der Waals surface area contributed by atoms with Crippen LogP contribution in [0.4, 0.5) is 0 Å². The van der Waals surface area contributed by atoms with Gasteiger partial charge < -0.3 is 19.8 Å². The SMILES string of the molecule is Cc1nn(CCC(=O)[O-])c2cc(-c3cccs3)cc(C(=O)[O-])c12. The summed E-state index contributed by atoms with van der Waals surface area (Å²) in [6, 6.07) is 7.16. The molecule has 0 bridgehead atoms. The Hall–Kier alpha value is -2.67. The van der Waals surface area contributed by atoms with E-state index in [0.717, 1.165) is 10.4 Å². The average Bonchev–Trinajstić information content (AvgIpc) is 3.13. The highest BCUT2D eigenvalue weighted by Gasteiger charge is 2.15. The second-order valence-electron chi connectivity index (χ2n) is 5.11. The molecule has 1 aromatic carbocycles. The smallest absolute Gasteiger partial charge is 0.0723 e. The van der Waals surface area contributed by atoms with E-state index in [9.17, 15) is 19.8 Å². The predicted molar refractivity (Wildman–Crippen MR) is 81.7 cm³/mol. The number of carboxylic acid groups (broad SMARTS) is 2. The number of rotatable bonds is 5. The Morgan fingerprint density at radius 1 is 1.30 bits per heavy atom. The largest absolute Gasteiger partial charge is 0.550 e. The van der Waals surface area contributed by atoms with Crippen LogP contribution < -0.4 is 10.2 Å². The van der Waals surface area contributed by atoms with Crippen LogP contribution in [0.15, 0.2) is 29.6 Å². The van der Waals surface area contributed by atoms with Crippen LogP contribution in [0.5, 0.6) is 0 Å². The Balaban J connectivity index is 2.23. The zero-order valence-corrected chi connectivity index (χ0v) is 13.1. The van der Waals surface area contributed by atoms with Gasteiger partial charge in [-0.2, -0.15) is 5.10 Å². The van der Waals surface area contributed by atoms with E-state index in [2.05, 4.69) is 5.10 Å². The van der Waals surface area contributed by atoms with E-state index in [-0.39, 0.29) is 18.5 Å². The highest BCUT2D eigenvalue weighted by atomic mass is 32.1. The molecular weight excluding hydrogens is 316 g/mol. The van der Waals surface area contributed by atoms with Gasteiger partial charge in [0.05, 0.1) is 17.2 Å². The van der Waals surface area contributed by atoms with Gasteiger partial charge in [0.15, 0.2) is 0 Å². The molecule has 3 aromatic rings. The molecular formula is C16H12N2O4S-2. The Kier molecular flexibility index (Phi) is 3.87. The highest BCUT2D eigenvalue weighted by molar-refractivity contribution is 7.13. The molecule has 7 heteroatoms. The summed E-state index contributed by atoms with van der Waals surface area (Å²) in [6.07, 6.45) is -0.194. The summed E-state index contributed by atoms with van der Waals surface area (Å²) in [4.78, 5) is 23.1. The zero-order valence-electron chi connectivity index (χ0n) is 12.2. The number of aromatic nitrogens is 2. The fourth-order valence-corrected chi connectivity index (χ4v) is 3.32. The lowest BCUT2D eigenvalue weighted by Gasteiger charge is -2.10. The Morgan fingerprint density at radius 2 is 2.09 bits per heavy atom. The summed E-state index contributed by atoms with van der Waals surface area (Å²) < 4.78 is 1.50. The molecule has 0 saturated carbocycles. The topological polar surface area (TPSA) is 98.1 Å². The summed E-state index contributed by atoms with van der Waals surface area (Å²) in [5.41, 5.74) is 1.90. The van der Waals surface area contributed by atoms with Crippen molar-refractivity contribution in [3.05, 3.63) is 40.9 Å². The van der Waals surface area contributed by atoms with Crippen LogP contribution >= 0.6 is 11.3 Å². The van der Waals surface area contributed by atoms with Gasteiger partial charge >= 0.3 is 0 Å². The lowest BCUT2D eigenvalue weighted by molar-refractivity contribution is -0.306.